The predicted octanol–water partition coefficient (Wildman–Crippen LogP) is 4.49. The van der Waals surface area contributed by atoms with E-state index in [1.54, 1.807) is 7.11 Å². The molecule has 2 aromatic rings. The number of Topliss-reactive ketones (excluding diaryl/α,β-unsaturated/α-hetero) is 1. The van der Waals surface area contributed by atoms with Gasteiger partial charge >= 0.3 is 0 Å². The first-order valence-corrected chi connectivity index (χ1v) is 7.58. The molecule has 0 saturated heterocycles. The summed E-state index contributed by atoms with van der Waals surface area (Å²) in [5, 5.41) is 0. The number of carbonyl (C=O) groups excluding carboxylic acids is 1. The van der Waals surface area contributed by atoms with Gasteiger partial charge in [0.15, 0.2) is 5.78 Å². The minimum atomic E-state index is 0.0673. The van der Waals surface area contributed by atoms with Crippen molar-refractivity contribution in [1.29, 1.82) is 0 Å². The first-order chi connectivity index (χ1) is 9.10. The van der Waals surface area contributed by atoms with Crippen LogP contribution in [0.1, 0.15) is 15.9 Å². The quantitative estimate of drug-likeness (QED) is 0.527. The van der Waals surface area contributed by atoms with Gasteiger partial charge in [-0.15, -0.1) is 0 Å². The number of hydrogen-bond acceptors (Lipinski definition) is 2. The van der Waals surface area contributed by atoms with Gasteiger partial charge in [0.1, 0.15) is 5.75 Å². The van der Waals surface area contributed by atoms with Crippen molar-refractivity contribution in [3.8, 4) is 5.75 Å². The molecular weight excluding hydrogens is 419 g/mol. The fourth-order valence-corrected chi connectivity index (χ4v) is 2.54. The molecule has 0 heterocycles. The Hall–Kier alpha value is -0.880. The maximum absolute atomic E-state index is 12.3. The van der Waals surface area contributed by atoms with E-state index in [0.29, 0.717) is 17.7 Å². The first-order valence-electron chi connectivity index (χ1n) is 5.71. The molecule has 0 atom stereocenters. The lowest BCUT2D eigenvalue weighted by atomic mass is 10.0. The van der Waals surface area contributed by atoms with E-state index >= 15 is 0 Å². The molecule has 2 aromatic carbocycles. The summed E-state index contributed by atoms with van der Waals surface area (Å²) in [6.45, 7) is 0. The number of ketones is 1. The molecule has 0 aliphatic heterocycles. The molecule has 4 heteroatoms. The normalized spacial score (nSPS) is 10.3. The van der Waals surface area contributed by atoms with Crippen LogP contribution in [0.25, 0.3) is 0 Å². The zero-order chi connectivity index (χ0) is 13.8. The van der Waals surface area contributed by atoms with Crippen molar-refractivity contribution in [2.45, 2.75) is 6.42 Å². The number of halogens is 2. The third-order valence-corrected chi connectivity index (χ3v) is 3.94. The summed E-state index contributed by atoms with van der Waals surface area (Å²) in [7, 11) is 1.58. The van der Waals surface area contributed by atoms with Crippen molar-refractivity contribution in [2.24, 2.45) is 0 Å². The lowest BCUT2D eigenvalue weighted by Gasteiger charge is -2.08. The number of hydrogen-bond donors (Lipinski definition) is 0. The van der Waals surface area contributed by atoms with Crippen LogP contribution in [0.4, 0.5) is 0 Å². The van der Waals surface area contributed by atoms with Gasteiger partial charge < -0.3 is 4.74 Å². The highest BCUT2D eigenvalue weighted by Crippen LogP contribution is 2.23. The van der Waals surface area contributed by atoms with E-state index < -0.39 is 0 Å². The Morgan fingerprint density at radius 2 is 1.89 bits per heavy atom. The second kappa shape index (κ2) is 6.52. The second-order valence-corrected chi connectivity index (χ2v) is 6.23. The maximum atomic E-state index is 12.3. The number of rotatable bonds is 4. The minimum absolute atomic E-state index is 0.0673. The van der Waals surface area contributed by atoms with E-state index in [0.717, 1.165) is 13.6 Å². The van der Waals surface area contributed by atoms with Gasteiger partial charge in [0.25, 0.3) is 0 Å². The third kappa shape index (κ3) is 3.79. The lowest BCUT2D eigenvalue weighted by molar-refractivity contribution is 0.0990. The zero-order valence-electron chi connectivity index (χ0n) is 10.3. The van der Waals surface area contributed by atoms with Crippen molar-refractivity contribution >= 4 is 44.3 Å². The molecule has 0 fully saturated rings. The van der Waals surface area contributed by atoms with Crippen LogP contribution in [0.2, 0.25) is 0 Å². The molecule has 19 heavy (non-hydrogen) atoms. The Labute approximate surface area is 134 Å². The van der Waals surface area contributed by atoms with Gasteiger partial charge in [-0.1, -0.05) is 28.1 Å². The average molecular weight is 431 g/mol. The highest BCUT2D eigenvalue weighted by atomic mass is 127. The third-order valence-electron chi connectivity index (χ3n) is 2.74. The summed E-state index contributed by atoms with van der Waals surface area (Å²) in [5.74, 6) is 0.695. The number of methoxy groups -OCH3 is 1. The molecule has 98 valence electrons. The van der Waals surface area contributed by atoms with Gasteiger partial charge in [0.2, 0.25) is 0 Å². The van der Waals surface area contributed by atoms with Gasteiger partial charge in [0.05, 0.1) is 12.7 Å². The molecule has 0 radical (unpaired) electrons. The molecule has 0 N–H and O–H groups in total. The van der Waals surface area contributed by atoms with E-state index in [9.17, 15) is 4.79 Å². The van der Waals surface area contributed by atoms with Crippen LogP contribution >= 0.6 is 38.5 Å². The summed E-state index contributed by atoms with van der Waals surface area (Å²) in [5.41, 5.74) is 1.63. The van der Waals surface area contributed by atoms with Gasteiger partial charge in [-0.25, -0.2) is 0 Å². The van der Waals surface area contributed by atoms with E-state index in [4.69, 9.17) is 4.74 Å². The highest BCUT2D eigenvalue weighted by molar-refractivity contribution is 14.1. The van der Waals surface area contributed by atoms with E-state index in [-0.39, 0.29) is 5.78 Å². The van der Waals surface area contributed by atoms with Crippen LogP contribution in [0.3, 0.4) is 0 Å². The Kier molecular flexibility index (Phi) is 4.99. The Balaban J connectivity index is 2.24. The monoisotopic (exact) mass is 430 g/mol. The van der Waals surface area contributed by atoms with Crippen LogP contribution < -0.4 is 4.74 Å². The van der Waals surface area contributed by atoms with Crippen molar-refractivity contribution in [2.75, 3.05) is 7.11 Å². The molecule has 0 aliphatic carbocycles. The fourth-order valence-electron chi connectivity index (χ4n) is 1.78. The Morgan fingerprint density at radius 1 is 1.21 bits per heavy atom. The molecular formula is C15H12BrIO2. The number of carbonyl (C=O) groups is 1. The molecule has 2 nitrogen and oxygen atoms in total. The van der Waals surface area contributed by atoms with Crippen molar-refractivity contribution in [3.05, 3.63) is 61.6 Å². The van der Waals surface area contributed by atoms with Crippen LogP contribution in [-0.2, 0) is 6.42 Å². The summed E-state index contributed by atoms with van der Waals surface area (Å²) >= 11 is 5.58. The molecule has 0 aromatic heterocycles. The molecule has 0 saturated carbocycles. The van der Waals surface area contributed by atoms with Gasteiger partial charge in [-0.05, 0) is 58.5 Å². The molecule has 0 amide bonds. The second-order valence-electron chi connectivity index (χ2n) is 4.07. The van der Waals surface area contributed by atoms with Gasteiger partial charge in [-0.2, -0.15) is 0 Å². The van der Waals surface area contributed by atoms with Gasteiger partial charge in [-0.3, -0.25) is 4.79 Å². The average Bonchev–Trinajstić information content (AvgIpc) is 2.41. The standard InChI is InChI=1S/C15H12BrIO2/c1-19-15-7-6-12(17)9-13(15)14(18)8-10-2-4-11(16)5-3-10/h2-7,9H,8H2,1H3. The first kappa shape index (κ1) is 14.5. The Bertz CT molecular complexity index is 594. The topological polar surface area (TPSA) is 26.3 Å². The van der Waals surface area contributed by atoms with Crippen molar-refractivity contribution in [3.63, 3.8) is 0 Å². The summed E-state index contributed by atoms with van der Waals surface area (Å²) in [6, 6.07) is 13.4. The van der Waals surface area contributed by atoms with Crippen LogP contribution in [-0.4, -0.2) is 12.9 Å². The zero-order valence-corrected chi connectivity index (χ0v) is 14.1. The number of benzene rings is 2. The predicted molar refractivity (Wildman–Crippen MR) is 87.9 cm³/mol. The van der Waals surface area contributed by atoms with Crippen molar-refractivity contribution in [1.82, 2.24) is 0 Å². The maximum Gasteiger partial charge on any atom is 0.170 e. The highest BCUT2D eigenvalue weighted by Gasteiger charge is 2.13. The van der Waals surface area contributed by atoms with E-state index in [1.807, 2.05) is 42.5 Å². The summed E-state index contributed by atoms with van der Waals surface area (Å²) in [6.07, 6.45) is 0.379. The van der Waals surface area contributed by atoms with Gasteiger partial charge in [0, 0.05) is 14.5 Å². The number of ether oxygens (including phenoxy) is 1. The smallest absolute Gasteiger partial charge is 0.170 e. The molecule has 0 aliphatic rings. The molecule has 2 rings (SSSR count). The molecule has 0 bridgehead atoms. The van der Waals surface area contributed by atoms with Crippen LogP contribution in [0.15, 0.2) is 46.9 Å². The fraction of sp³-hybridized carbons (Fsp3) is 0.133. The van der Waals surface area contributed by atoms with E-state index in [1.165, 1.54) is 0 Å². The van der Waals surface area contributed by atoms with Crippen molar-refractivity contribution < 1.29 is 9.53 Å². The summed E-state index contributed by atoms with van der Waals surface area (Å²) in [4.78, 5) is 12.3. The van der Waals surface area contributed by atoms with Crippen LogP contribution in [0, 0.1) is 3.57 Å². The molecule has 0 spiro atoms. The lowest BCUT2D eigenvalue weighted by Crippen LogP contribution is -2.06. The van der Waals surface area contributed by atoms with Crippen LogP contribution in [0.5, 0.6) is 5.75 Å². The van der Waals surface area contributed by atoms with E-state index in [2.05, 4.69) is 38.5 Å². The molecule has 0 unspecified atom stereocenters. The largest absolute Gasteiger partial charge is 0.496 e. The minimum Gasteiger partial charge on any atom is -0.496 e. The Morgan fingerprint density at radius 3 is 2.53 bits per heavy atom. The SMILES string of the molecule is COc1ccc(I)cc1C(=O)Cc1ccc(Br)cc1. The summed E-state index contributed by atoms with van der Waals surface area (Å²) < 4.78 is 7.28.